The van der Waals surface area contributed by atoms with E-state index in [1.807, 2.05) is 0 Å². The number of carbonyl (C=O) groups is 2. The topological polar surface area (TPSA) is 52.6 Å². The van der Waals surface area contributed by atoms with Crippen molar-refractivity contribution in [2.75, 3.05) is 13.2 Å². The van der Waals surface area contributed by atoms with Gasteiger partial charge in [-0.25, -0.2) is 9.59 Å². The van der Waals surface area contributed by atoms with Crippen molar-refractivity contribution in [3.63, 3.8) is 0 Å². The summed E-state index contributed by atoms with van der Waals surface area (Å²) in [6.45, 7) is 0.886. The molecule has 2 aliphatic rings. The molecule has 30 heavy (non-hydrogen) atoms. The second-order valence-corrected chi connectivity index (χ2v) is 10.4. The van der Waals surface area contributed by atoms with E-state index in [9.17, 15) is 9.59 Å². The summed E-state index contributed by atoms with van der Waals surface area (Å²) in [6.07, 6.45) is 14.6. The first-order valence-corrected chi connectivity index (χ1v) is 13.0. The Morgan fingerprint density at radius 2 is 1.07 bits per heavy atom. The van der Waals surface area contributed by atoms with E-state index in [1.165, 1.54) is 64.2 Å². The molecule has 1 aromatic carbocycles. The Hall–Kier alpha value is -0.880. The fourth-order valence-electron chi connectivity index (χ4n) is 4.60. The van der Waals surface area contributed by atoms with Gasteiger partial charge in [-0.1, -0.05) is 64.2 Å². The van der Waals surface area contributed by atoms with E-state index >= 15 is 0 Å². The van der Waals surface area contributed by atoms with Crippen LogP contribution < -0.4 is 0 Å². The molecule has 0 bridgehead atoms. The second-order valence-electron chi connectivity index (χ2n) is 8.67. The van der Waals surface area contributed by atoms with Gasteiger partial charge in [0.2, 0.25) is 0 Å². The minimum Gasteiger partial charge on any atom is -0.462 e. The molecule has 0 radical (unpaired) electrons. The van der Waals surface area contributed by atoms with Crippen molar-refractivity contribution in [3.8, 4) is 0 Å². The lowest BCUT2D eigenvalue weighted by Gasteiger charge is -2.21. The van der Waals surface area contributed by atoms with Crippen LogP contribution in [0.2, 0.25) is 0 Å². The van der Waals surface area contributed by atoms with Gasteiger partial charge in [0.05, 0.1) is 24.3 Å². The summed E-state index contributed by atoms with van der Waals surface area (Å²) in [5, 5.41) is 0. The summed E-state index contributed by atoms with van der Waals surface area (Å²) in [5.74, 6) is 0.617. The van der Waals surface area contributed by atoms with Crippen LogP contribution in [0.4, 0.5) is 0 Å². The lowest BCUT2D eigenvalue weighted by molar-refractivity contribution is 0.0458. The third kappa shape index (κ3) is 7.08. The first-order chi connectivity index (χ1) is 14.5. The molecule has 4 nitrogen and oxygen atoms in total. The van der Waals surface area contributed by atoms with Crippen LogP contribution in [0.5, 0.6) is 0 Å². The molecule has 0 atom stereocenters. The molecule has 0 N–H and O–H groups in total. The molecule has 0 aromatic heterocycles. The molecule has 0 saturated heterocycles. The van der Waals surface area contributed by atoms with Crippen LogP contribution in [0.15, 0.2) is 21.1 Å². The van der Waals surface area contributed by atoms with E-state index in [0.717, 1.165) is 12.8 Å². The minimum absolute atomic E-state index is 0.365. The van der Waals surface area contributed by atoms with Crippen molar-refractivity contribution >= 4 is 43.8 Å². The molecule has 2 saturated carbocycles. The third-order valence-electron chi connectivity index (χ3n) is 6.46. The fourth-order valence-corrected chi connectivity index (χ4v) is 5.61. The highest BCUT2D eigenvalue weighted by Crippen LogP contribution is 2.30. The minimum atomic E-state index is -0.365. The summed E-state index contributed by atoms with van der Waals surface area (Å²) in [5.41, 5.74) is 0.841. The van der Waals surface area contributed by atoms with Crippen molar-refractivity contribution in [2.24, 2.45) is 11.8 Å². The average molecular weight is 544 g/mol. The predicted octanol–water partition coefficient (Wildman–Crippen LogP) is 7.47. The van der Waals surface area contributed by atoms with Crippen molar-refractivity contribution in [2.45, 2.75) is 77.0 Å². The second kappa shape index (κ2) is 12.2. The molecule has 0 unspecified atom stereocenters. The summed E-state index contributed by atoms with van der Waals surface area (Å²) in [7, 11) is 0. The van der Waals surface area contributed by atoms with Crippen LogP contribution >= 0.6 is 31.9 Å². The largest absolute Gasteiger partial charge is 0.462 e. The number of esters is 2. The van der Waals surface area contributed by atoms with Gasteiger partial charge < -0.3 is 9.47 Å². The predicted molar refractivity (Wildman–Crippen MR) is 125 cm³/mol. The number of hydrogen-bond acceptors (Lipinski definition) is 4. The van der Waals surface area contributed by atoms with Crippen LogP contribution in [0.25, 0.3) is 0 Å². The normalized spacial score (nSPS) is 18.2. The molecule has 3 rings (SSSR count). The van der Waals surface area contributed by atoms with Crippen molar-refractivity contribution in [3.05, 3.63) is 32.2 Å². The molecule has 0 heterocycles. The molecule has 0 spiro atoms. The summed E-state index contributed by atoms with van der Waals surface area (Å²) < 4.78 is 12.1. The zero-order valence-electron chi connectivity index (χ0n) is 17.6. The molecule has 2 fully saturated rings. The van der Waals surface area contributed by atoms with Crippen molar-refractivity contribution in [1.82, 2.24) is 0 Å². The Balaban J connectivity index is 1.49. The Morgan fingerprint density at radius 3 is 1.43 bits per heavy atom. The van der Waals surface area contributed by atoms with Crippen LogP contribution in [0.3, 0.4) is 0 Å². The van der Waals surface area contributed by atoms with E-state index in [-0.39, 0.29) is 11.9 Å². The van der Waals surface area contributed by atoms with Gasteiger partial charge in [0, 0.05) is 8.95 Å². The lowest BCUT2D eigenvalue weighted by atomic mass is 9.87. The smallest absolute Gasteiger partial charge is 0.339 e. The SMILES string of the molecule is O=C(OCCC1CCCCC1)c1cc(Br)c(C(=O)OCCC2CCCCC2)cc1Br. The highest BCUT2D eigenvalue weighted by molar-refractivity contribution is 9.11. The van der Waals surface area contributed by atoms with E-state index in [0.29, 0.717) is 45.1 Å². The average Bonchev–Trinajstić information content (AvgIpc) is 2.76. The molecule has 6 heteroatoms. The van der Waals surface area contributed by atoms with E-state index < -0.39 is 0 Å². The van der Waals surface area contributed by atoms with Crippen LogP contribution in [-0.2, 0) is 9.47 Å². The Kier molecular flexibility index (Phi) is 9.69. The Labute approximate surface area is 196 Å². The van der Waals surface area contributed by atoms with Gasteiger partial charge >= 0.3 is 11.9 Å². The molecule has 2 aliphatic carbocycles. The quantitative estimate of drug-likeness (QED) is 0.319. The first-order valence-electron chi connectivity index (χ1n) is 11.4. The zero-order valence-corrected chi connectivity index (χ0v) is 20.8. The molecule has 1 aromatic rings. The number of benzene rings is 1. The number of rotatable bonds is 8. The first kappa shape index (κ1) is 23.8. The molecular weight excluding hydrogens is 512 g/mol. The Bertz CT molecular complexity index is 660. The van der Waals surface area contributed by atoms with E-state index in [4.69, 9.17) is 9.47 Å². The number of hydrogen-bond donors (Lipinski definition) is 0. The molecule has 166 valence electrons. The van der Waals surface area contributed by atoms with Crippen molar-refractivity contribution < 1.29 is 19.1 Å². The van der Waals surface area contributed by atoms with Crippen molar-refractivity contribution in [1.29, 1.82) is 0 Å². The van der Waals surface area contributed by atoms with Gasteiger partial charge in [0.1, 0.15) is 0 Å². The standard InChI is InChI=1S/C24H32Br2O4/c25-21-16-20(24(28)30-14-12-18-9-5-2-6-10-18)22(26)15-19(21)23(27)29-13-11-17-7-3-1-4-8-17/h15-18H,1-14H2. The maximum absolute atomic E-state index is 12.5. The van der Waals surface area contributed by atoms with E-state index in [1.54, 1.807) is 12.1 Å². The number of ether oxygens (including phenoxy) is 2. The Morgan fingerprint density at radius 1 is 0.700 bits per heavy atom. The maximum Gasteiger partial charge on any atom is 0.339 e. The van der Waals surface area contributed by atoms with Gasteiger partial charge in [-0.3, -0.25) is 0 Å². The third-order valence-corrected chi connectivity index (χ3v) is 7.78. The monoisotopic (exact) mass is 542 g/mol. The number of halogens is 2. The van der Waals surface area contributed by atoms with Crippen LogP contribution in [0.1, 0.15) is 97.8 Å². The van der Waals surface area contributed by atoms with Gasteiger partial charge in [-0.2, -0.15) is 0 Å². The summed E-state index contributed by atoms with van der Waals surface area (Å²) in [6, 6.07) is 3.29. The van der Waals surface area contributed by atoms with Crippen LogP contribution in [0, 0.1) is 11.8 Å². The van der Waals surface area contributed by atoms with Gasteiger partial charge in [0.25, 0.3) is 0 Å². The van der Waals surface area contributed by atoms with E-state index in [2.05, 4.69) is 31.9 Å². The lowest BCUT2D eigenvalue weighted by Crippen LogP contribution is -2.15. The highest BCUT2D eigenvalue weighted by atomic mass is 79.9. The van der Waals surface area contributed by atoms with Gasteiger partial charge in [-0.05, 0) is 68.7 Å². The maximum atomic E-state index is 12.5. The summed E-state index contributed by atoms with van der Waals surface area (Å²) in [4.78, 5) is 25.0. The fraction of sp³-hybridized carbons (Fsp3) is 0.667. The molecule has 0 amide bonds. The molecule has 0 aliphatic heterocycles. The number of carbonyl (C=O) groups excluding carboxylic acids is 2. The zero-order chi connectivity index (χ0) is 21.3. The summed E-state index contributed by atoms with van der Waals surface area (Å²) >= 11 is 6.84. The molecular formula is C24H32Br2O4. The van der Waals surface area contributed by atoms with Gasteiger partial charge in [0.15, 0.2) is 0 Å². The van der Waals surface area contributed by atoms with Gasteiger partial charge in [-0.15, -0.1) is 0 Å². The van der Waals surface area contributed by atoms with Crippen LogP contribution in [-0.4, -0.2) is 25.2 Å². The highest BCUT2D eigenvalue weighted by Gasteiger charge is 2.21.